The number of anilines is 1. The minimum Gasteiger partial charge on any atom is -0.497 e. The maximum Gasteiger partial charge on any atom is 0.263 e. The van der Waals surface area contributed by atoms with Crippen molar-refractivity contribution in [3.8, 4) is 5.75 Å². The summed E-state index contributed by atoms with van der Waals surface area (Å²) in [5.41, 5.74) is 1.02. The lowest BCUT2D eigenvalue weighted by atomic mass is 10.2. The van der Waals surface area contributed by atoms with Crippen LogP contribution in [-0.2, 0) is 16.4 Å². The molecule has 1 heterocycles. The van der Waals surface area contributed by atoms with E-state index >= 15 is 0 Å². The zero-order chi connectivity index (χ0) is 17.9. The van der Waals surface area contributed by atoms with Gasteiger partial charge in [0.15, 0.2) is 0 Å². The summed E-state index contributed by atoms with van der Waals surface area (Å²) in [6.07, 6.45) is 0.555. The Morgan fingerprint density at radius 2 is 1.76 bits per heavy atom. The Morgan fingerprint density at radius 3 is 2.40 bits per heavy atom. The monoisotopic (exact) mass is 395 g/mol. The molecule has 6 nitrogen and oxygen atoms in total. The summed E-state index contributed by atoms with van der Waals surface area (Å²) in [6, 6.07) is 13.5. The van der Waals surface area contributed by atoms with E-state index in [4.69, 9.17) is 16.3 Å². The molecule has 1 N–H and O–H groups in total. The minimum absolute atomic E-state index is 0.128. The molecule has 0 aliphatic rings. The molecule has 130 valence electrons. The van der Waals surface area contributed by atoms with Gasteiger partial charge in [0.25, 0.3) is 10.0 Å². The first-order valence-electron chi connectivity index (χ1n) is 7.20. The molecule has 0 saturated heterocycles. The molecular weight excluding hydrogens is 382 g/mol. The minimum atomic E-state index is -3.72. The van der Waals surface area contributed by atoms with Crippen LogP contribution in [0.25, 0.3) is 0 Å². The molecule has 0 aliphatic carbocycles. The fourth-order valence-corrected chi connectivity index (χ4v) is 4.20. The number of benzene rings is 2. The average Bonchev–Trinajstić information content (AvgIpc) is 3.03. The average molecular weight is 396 g/mol. The number of nitrogens with one attached hydrogen (secondary N) is 1. The second-order valence-electron chi connectivity index (χ2n) is 5.09. The molecule has 0 spiro atoms. The summed E-state index contributed by atoms with van der Waals surface area (Å²) >= 11 is 7.05. The van der Waals surface area contributed by atoms with Gasteiger partial charge in [0.1, 0.15) is 10.8 Å². The maximum absolute atomic E-state index is 12.4. The van der Waals surface area contributed by atoms with Gasteiger partial charge < -0.3 is 4.74 Å². The SMILES string of the molecule is COc1ccc(S(=O)(=O)Nc2nnc(Cc3ccc(Cl)cc3)s2)cc1. The fourth-order valence-electron chi connectivity index (χ4n) is 2.07. The molecule has 0 unspecified atom stereocenters. The maximum atomic E-state index is 12.4. The Hall–Kier alpha value is -2.16. The first-order valence-corrected chi connectivity index (χ1v) is 9.88. The van der Waals surface area contributed by atoms with Crippen molar-refractivity contribution in [1.29, 1.82) is 0 Å². The number of hydrogen-bond donors (Lipinski definition) is 1. The number of hydrogen-bond acceptors (Lipinski definition) is 6. The largest absolute Gasteiger partial charge is 0.497 e. The quantitative estimate of drug-likeness (QED) is 0.689. The molecule has 0 saturated carbocycles. The van der Waals surface area contributed by atoms with Gasteiger partial charge in [0.2, 0.25) is 5.13 Å². The van der Waals surface area contributed by atoms with Crippen LogP contribution < -0.4 is 9.46 Å². The third-order valence-corrected chi connectivity index (χ3v) is 5.90. The van der Waals surface area contributed by atoms with Gasteiger partial charge in [-0.1, -0.05) is 35.1 Å². The molecule has 0 radical (unpaired) electrons. The molecule has 9 heteroatoms. The van der Waals surface area contributed by atoms with Crippen molar-refractivity contribution in [3.63, 3.8) is 0 Å². The Bertz CT molecular complexity index is 955. The lowest BCUT2D eigenvalue weighted by molar-refractivity contribution is 0.414. The number of halogens is 1. The van der Waals surface area contributed by atoms with E-state index in [1.807, 2.05) is 12.1 Å². The summed E-state index contributed by atoms with van der Waals surface area (Å²) < 4.78 is 32.2. The number of aromatic nitrogens is 2. The van der Waals surface area contributed by atoms with E-state index in [-0.39, 0.29) is 10.0 Å². The van der Waals surface area contributed by atoms with Gasteiger partial charge in [0.05, 0.1) is 12.0 Å². The van der Waals surface area contributed by atoms with Crippen molar-refractivity contribution in [3.05, 3.63) is 64.1 Å². The highest BCUT2D eigenvalue weighted by Gasteiger charge is 2.17. The summed E-state index contributed by atoms with van der Waals surface area (Å²) in [4.78, 5) is 0.128. The third-order valence-electron chi connectivity index (χ3n) is 3.33. The fraction of sp³-hybridized carbons (Fsp3) is 0.125. The Labute approximate surface area is 154 Å². The van der Waals surface area contributed by atoms with Gasteiger partial charge in [-0.2, -0.15) is 0 Å². The second kappa shape index (κ2) is 7.38. The molecule has 2 aromatic carbocycles. The standard InChI is InChI=1S/C16H14ClN3O3S2/c1-23-13-6-8-14(9-7-13)25(21,22)20-16-19-18-15(24-16)10-11-2-4-12(17)5-3-11/h2-9H,10H2,1H3,(H,19,20). The van der Waals surface area contributed by atoms with Crippen molar-refractivity contribution in [2.75, 3.05) is 11.8 Å². The van der Waals surface area contributed by atoms with Crippen LogP contribution in [0, 0.1) is 0 Å². The molecule has 0 amide bonds. The summed E-state index contributed by atoms with van der Waals surface area (Å²) in [5.74, 6) is 0.583. The Kier molecular flexibility index (Phi) is 5.22. The van der Waals surface area contributed by atoms with Crippen molar-refractivity contribution in [2.45, 2.75) is 11.3 Å². The van der Waals surface area contributed by atoms with Gasteiger partial charge in [-0.25, -0.2) is 8.42 Å². The topological polar surface area (TPSA) is 81.2 Å². The van der Waals surface area contributed by atoms with E-state index in [1.165, 1.54) is 30.6 Å². The highest BCUT2D eigenvalue weighted by molar-refractivity contribution is 7.93. The van der Waals surface area contributed by atoms with Crippen LogP contribution in [0.15, 0.2) is 53.4 Å². The van der Waals surface area contributed by atoms with Crippen molar-refractivity contribution in [2.24, 2.45) is 0 Å². The van der Waals surface area contributed by atoms with Crippen molar-refractivity contribution < 1.29 is 13.2 Å². The van der Waals surface area contributed by atoms with Crippen LogP contribution in [0.1, 0.15) is 10.6 Å². The van der Waals surface area contributed by atoms with Gasteiger partial charge >= 0.3 is 0 Å². The van der Waals surface area contributed by atoms with Crippen LogP contribution in [-0.4, -0.2) is 25.7 Å². The number of methoxy groups -OCH3 is 1. The van der Waals surface area contributed by atoms with Crippen LogP contribution in [0.3, 0.4) is 0 Å². The van der Waals surface area contributed by atoms with E-state index in [1.54, 1.807) is 24.3 Å². The van der Waals surface area contributed by atoms with Crippen LogP contribution in [0.2, 0.25) is 5.02 Å². The molecule has 0 bridgehead atoms. The normalized spacial score (nSPS) is 11.3. The number of rotatable bonds is 6. The molecule has 1 aromatic heterocycles. The predicted octanol–water partition coefficient (Wildman–Crippen LogP) is 3.59. The van der Waals surface area contributed by atoms with Gasteiger partial charge in [-0.05, 0) is 42.0 Å². The molecule has 3 rings (SSSR count). The predicted molar refractivity (Wildman–Crippen MR) is 98.0 cm³/mol. The Balaban J connectivity index is 1.72. The summed E-state index contributed by atoms with van der Waals surface area (Å²) in [5, 5.41) is 9.52. The molecule has 0 fully saturated rings. The lowest BCUT2D eigenvalue weighted by Crippen LogP contribution is -2.12. The van der Waals surface area contributed by atoms with Crippen molar-refractivity contribution >= 4 is 38.1 Å². The lowest BCUT2D eigenvalue weighted by Gasteiger charge is -2.05. The molecular formula is C16H14ClN3O3S2. The van der Waals surface area contributed by atoms with Gasteiger partial charge in [-0.15, -0.1) is 10.2 Å². The zero-order valence-corrected chi connectivity index (χ0v) is 15.5. The number of nitrogens with zero attached hydrogens (tertiary/aromatic N) is 2. The van der Waals surface area contributed by atoms with E-state index in [2.05, 4.69) is 14.9 Å². The first kappa shape index (κ1) is 17.7. The summed E-state index contributed by atoms with van der Waals surface area (Å²) in [7, 11) is -2.20. The highest BCUT2D eigenvalue weighted by Crippen LogP contribution is 2.23. The van der Waals surface area contributed by atoms with Gasteiger partial charge in [-0.3, -0.25) is 4.72 Å². The van der Waals surface area contributed by atoms with E-state index in [0.29, 0.717) is 22.2 Å². The summed E-state index contributed by atoms with van der Waals surface area (Å²) in [6.45, 7) is 0. The number of sulfonamides is 1. The van der Waals surface area contributed by atoms with E-state index < -0.39 is 10.0 Å². The Morgan fingerprint density at radius 1 is 1.08 bits per heavy atom. The van der Waals surface area contributed by atoms with Crippen molar-refractivity contribution in [1.82, 2.24) is 10.2 Å². The van der Waals surface area contributed by atoms with Crippen LogP contribution in [0.5, 0.6) is 5.75 Å². The molecule has 0 aliphatic heterocycles. The highest BCUT2D eigenvalue weighted by atomic mass is 35.5. The van der Waals surface area contributed by atoms with Crippen LogP contribution >= 0.6 is 22.9 Å². The first-order chi connectivity index (χ1) is 12.0. The molecule has 0 atom stereocenters. The number of ether oxygens (including phenoxy) is 1. The second-order valence-corrected chi connectivity index (χ2v) is 8.27. The third kappa shape index (κ3) is 4.47. The smallest absolute Gasteiger partial charge is 0.263 e. The van der Waals surface area contributed by atoms with E-state index in [0.717, 1.165) is 5.56 Å². The van der Waals surface area contributed by atoms with Crippen LogP contribution in [0.4, 0.5) is 5.13 Å². The van der Waals surface area contributed by atoms with Gasteiger partial charge in [0, 0.05) is 11.4 Å². The zero-order valence-electron chi connectivity index (χ0n) is 13.1. The molecule has 3 aromatic rings. The van der Waals surface area contributed by atoms with E-state index in [9.17, 15) is 8.42 Å². The molecule has 25 heavy (non-hydrogen) atoms.